The number of hydrogen-bond donors (Lipinski definition) is 0. The lowest BCUT2D eigenvalue weighted by Crippen LogP contribution is -2.35. The van der Waals surface area contributed by atoms with Crippen molar-refractivity contribution in [3.05, 3.63) is 70.1 Å². The van der Waals surface area contributed by atoms with Crippen LogP contribution in [-0.4, -0.2) is 39.5 Å². The highest BCUT2D eigenvalue weighted by Crippen LogP contribution is 2.16. The van der Waals surface area contributed by atoms with Crippen LogP contribution in [0.4, 0.5) is 8.78 Å². The van der Waals surface area contributed by atoms with Crippen LogP contribution in [-0.2, 0) is 13.1 Å². The van der Waals surface area contributed by atoms with Crippen molar-refractivity contribution in [1.82, 2.24) is 14.0 Å². The Morgan fingerprint density at radius 2 is 1.45 bits per heavy atom. The number of piperidine rings is 1. The summed E-state index contributed by atoms with van der Waals surface area (Å²) in [7, 11) is 0. The van der Waals surface area contributed by atoms with E-state index >= 15 is 0 Å². The molecule has 0 saturated carbocycles. The quantitative estimate of drug-likeness (QED) is 0.543. The van der Waals surface area contributed by atoms with Gasteiger partial charge in [-0.05, 0) is 50.2 Å². The zero-order valence-corrected chi connectivity index (χ0v) is 18.1. The fourth-order valence-corrected chi connectivity index (χ4v) is 4.02. The summed E-state index contributed by atoms with van der Waals surface area (Å²) in [4.78, 5) is 28.0. The maximum absolute atomic E-state index is 13.5. The van der Waals surface area contributed by atoms with Crippen LogP contribution in [0.2, 0.25) is 0 Å². The molecule has 0 amide bonds. The minimum atomic E-state index is -0.815. The van der Waals surface area contributed by atoms with Crippen LogP contribution in [0.15, 0.2) is 47.3 Å². The number of halogens is 2. The molecule has 0 aliphatic carbocycles. The molecule has 0 N–H and O–H groups in total. The number of carbonyl (C=O) groups is 1. The van der Waals surface area contributed by atoms with Crippen molar-refractivity contribution < 1.29 is 13.6 Å². The third kappa shape index (κ3) is 5.28. The summed E-state index contributed by atoms with van der Waals surface area (Å²) in [6.45, 7) is 7.12. The Hall–Kier alpha value is -2.80. The summed E-state index contributed by atoms with van der Waals surface area (Å²) in [6.07, 6.45) is 3.60. The van der Waals surface area contributed by atoms with Gasteiger partial charge in [0, 0.05) is 24.7 Å². The minimum absolute atomic E-state index is 0.0838. The Labute approximate surface area is 180 Å². The van der Waals surface area contributed by atoms with Gasteiger partial charge in [0.25, 0.3) is 0 Å². The molecule has 5 nitrogen and oxygen atoms in total. The zero-order valence-electron chi connectivity index (χ0n) is 18.1. The standard InChI is InChI=1S/C22H23F2N3O2.C2H6/c23-17-12-16(13-18(24)14-17)21(28)15-27-20-7-3-2-6-19(20)26(22(27)29)11-10-25-8-4-1-5-9-25;1-2/h2-3,6-7,12-14H,1,4-5,8-11,15H2;1-2H3. The number of nitrogens with zero attached hydrogens (tertiary/aromatic N) is 3. The number of Topliss-reactive ketones (excluding diaryl/α,β-unsaturated/α-hetero) is 1. The predicted molar refractivity (Wildman–Crippen MR) is 119 cm³/mol. The van der Waals surface area contributed by atoms with Gasteiger partial charge in [0.1, 0.15) is 11.6 Å². The average molecular weight is 430 g/mol. The van der Waals surface area contributed by atoms with Crippen LogP contribution in [0.1, 0.15) is 43.5 Å². The van der Waals surface area contributed by atoms with Gasteiger partial charge >= 0.3 is 5.69 Å². The van der Waals surface area contributed by atoms with Crippen LogP contribution in [0, 0.1) is 11.6 Å². The molecule has 1 aliphatic rings. The topological polar surface area (TPSA) is 47.2 Å². The largest absolute Gasteiger partial charge is 0.329 e. The molecule has 1 aliphatic heterocycles. The number of ketones is 1. The maximum atomic E-state index is 13.5. The first-order valence-corrected chi connectivity index (χ1v) is 10.9. The number of imidazole rings is 1. The minimum Gasteiger partial charge on any atom is -0.302 e. The monoisotopic (exact) mass is 429 g/mol. The molecule has 2 heterocycles. The summed E-state index contributed by atoms with van der Waals surface area (Å²) < 4.78 is 30.0. The Bertz CT molecular complexity index is 1080. The Balaban J connectivity index is 0.00000132. The van der Waals surface area contributed by atoms with E-state index in [1.54, 1.807) is 16.7 Å². The second-order valence-electron chi connectivity index (χ2n) is 7.49. The summed E-state index contributed by atoms with van der Waals surface area (Å²) in [5.41, 5.74) is 1.03. The van der Waals surface area contributed by atoms with Crippen LogP contribution >= 0.6 is 0 Å². The summed E-state index contributed by atoms with van der Waals surface area (Å²) in [6, 6.07) is 10.0. The number of para-hydroxylation sites is 2. The number of aromatic nitrogens is 2. The molecule has 1 aromatic heterocycles. The highest BCUT2D eigenvalue weighted by atomic mass is 19.1. The molecular formula is C24H29F2N3O2. The zero-order chi connectivity index (χ0) is 22.4. The van der Waals surface area contributed by atoms with Crippen molar-refractivity contribution in [3.63, 3.8) is 0 Å². The first-order chi connectivity index (χ1) is 15.0. The normalized spacial score (nSPS) is 14.3. The van der Waals surface area contributed by atoms with Gasteiger partial charge in [0.15, 0.2) is 5.78 Å². The molecule has 0 bridgehead atoms. The first-order valence-electron chi connectivity index (χ1n) is 10.9. The molecule has 7 heteroatoms. The van der Waals surface area contributed by atoms with E-state index in [-0.39, 0.29) is 17.8 Å². The summed E-state index contributed by atoms with van der Waals surface area (Å²) >= 11 is 0. The Kier molecular flexibility index (Phi) is 7.74. The first kappa shape index (κ1) is 22.9. The van der Waals surface area contributed by atoms with E-state index < -0.39 is 17.4 Å². The molecule has 0 unspecified atom stereocenters. The second kappa shape index (κ2) is 10.5. The van der Waals surface area contributed by atoms with Crippen molar-refractivity contribution in [3.8, 4) is 0 Å². The number of carbonyl (C=O) groups excluding carboxylic acids is 1. The Morgan fingerprint density at radius 1 is 0.871 bits per heavy atom. The third-order valence-electron chi connectivity index (χ3n) is 5.50. The van der Waals surface area contributed by atoms with Crippen molar-refractivity contribution in [2.45, 2.75) is 46.2 Å². The molecule has 0 spiro atoms. The number of hydrogen-bond acceptors (Lipinski definition) is 3. The van der Waals surface area contributed by atoms with E-state index in [1.807, 2.05) is 26.0 Å². The van der Waals surface area contributed by atoms with Crippen LogP contribution in [0.25, 0.3) is 11.0 Å². The Morgan fingerprint density at radius 3 is 2.06 bits per heavy atom. The average Bonchev–Trinajstić information content (AvgIpc) is 3.04. The van der Waals surface area contributed by atoms with Gasteiger partial charge in [0.05, 0.1) is 17.6 Å². The molecule has 166 valence electrons. The molecule has 1 fully saturated rings. The lowest BCUT2D eigenvalue weighted by Gasteiger charge is -2.26. The number of likely N-dealkylation sites (tertiary alicyclic amines) is 1. The summed E-state index contributed by atoms with van der Waals surface area (Å²) in [5.74, 6) is -2.14. The van der Waals surface area contributed by atoms with E-state index in [0.29, 0.717) is 12.1 Å². The smallest absolute Gasteiger partial charge is 0.302 e. The number of rotatable bonds is 6. The van der Waals surface area contributed by atoms with Crippen molar-refractivity contribution in [2.24, 2.45) is 0 Å². The van der Waals surface area contributed by atoms with E-state index in [4.69, 9.17) is 0 Å². The van der Waals surface area contributed by atoms with Gasteiger partial charge in [-0.1, -0.05) is 32.4 Å². The van der Waals surface area contributed by atoms with Crippen LogP contribution in [0.3, 0.4) is 0 Å². The molecule has 2 aromatic carbocycles. The SMILES string of the molecule is CC.O=C(Cn1c(=O)n(CCN2CCCCC2)c2ccccc21)c1cc(F)cc(F)c1. The third-order valence-corrected chi connectivity index (χ3v) is 5.50. The van der Waals surface area contributed by atoms with Gasteiger partial charge in [0.2, 0.25) is 0 Å². The maximum Gasteiger partial charge on any atom is 0.329 e. The van der Waals surface area contributed by atoms with Crippen molar-refractivity contribution in [2.75, 3.05) is 19.6 Å². The van der Waals surface area contributed by atoms with E-state index in [1.165, 1.54) is 23.8 Å². The molecule has 1 saturated heterocycles. The van der Waals surface area contributed by atoms with Gasteiger partial charge in [-0.3, -0.25) is 13.9 Å². The van der Waals surface area contributed by atoms with Gasteiger partial charge in [-0.2, -0.15) is 0 Å². The highest BCUT2D eigenvalue weighted by molar-refractivity contribution is 5.96. The molecule has 3 aromatic rings. The second-order valence-corrected chi connectivity index (χ2v) is 7.49. The van der Waals surface area contributed by atoms with Gasteiger partial charge < -0.3 is 4.90 Å². The van der Waals surface area contributed by atoms with Crippen LogP contribution < -0.4 is 5.69 Å². The van der Waals surface area contributed by atoms with E-state index in [0.717, 1.165) is 43.4 Å². The van der Waals surface area contributed by atoms with Gasteiger partial charge in [-0.25, -0.2) is 13.6 Å². The molecule has 0 atom stereocenters. The predicted octanol–water partition coefficient (Wildman–Crippen LogP) is 4.48. The van der Waals surface area contributed by atoms with Gasteiger partial charge in [-0.15, -0.1) is 0 Å². The van der Waals surface area contributed by atoms with Crippen molar-refractivity contribution in [1.29, 1.82) is 0 Å². The molecular weight excluding hydrogens is 400 g/mol. The lowest BCUT2D eigenvalue weighted by atomic mass is 10.1. The van der Waals surface area contributed by atoms with E-state index in [2.05, 4.69) is 4.90 Å². The fourth-order valence-electron chi connectivity index (χ4n) is 4.02. The number of benzene rings is 2. The lowest BCUT2D eigenvalue weighted by molar-refractivity contribution is 0.0971. The van der Waals surface area contributed by atoms with E-state index in [9.17, 15) is 18.4 Å². The fraction of sp³-hybridized carbons (Fsp3) is 0.417. The summed E-state index contributed by atoms with van der Waals surface area (Å²) in [5, 5.41) is 0. The molecule has 31 heavy (non-hydrogen) atoms. The highest BCUT2D eigenvalue weighted by Gasteiger charge is 2.18. The molecule has 4 rings (SSSR count). The van der Waals surface area contributed by atoms with Crippen LogP contribution in [0.5, 0.6) is 0 Å². The number of fused-ring (bicyclic) bond motifs is 1. The van der Waals surface area contributed by atoms with Crippen molar-refractivity contribution >= 4 is 16.8 Å². The molecule has 0 radical (unpaired) electrons.